The van der Waals surface area contributed by atoms with Crippen LogP contribution >= 0.6 is 24.0 Å². The molecule has 0 atom stereocenters. The molecular formula is C19H28FIN4O. The van der Waals surface area contributed by atoms with Gasteiger partial charge < -0.3 is 15.0 Å². The van der Waals surface area contributed by atoms with Crippen molar-refractivity contribution in [1.29, 1.82) is 5.26 Å². The highest BCUT2D eigenvalue weighted by Crippen LogP contribution is 2.18. The van der Waals surface area contributed by atoms with Crippen molar-refractivity contribution >= 4 is 29.9 Å². The lowest BCUT2D eigenvalue weighted by atomic mass is 9.96. The monoisotopic (exact) mass is 474 g/mol. The van der Waals surface area contributed by atoms with Crippen LogP contribution in [0.4, 0.5) is 4.39 Å². The molecule has 144 valence electrons. The van der Waals surface area contributed by atoms with Crippen molar-refractivity contribution in [1.82, 2.24) is 10.2 Å². The lowest BCUT2D eigenvalue weighted by Gasteiger charge is -2.26. The van der Waals surface area contributed by atoms with E-state index in [0.29, 0.717) is 17.0 Å². The predicted octanol–water partition coefficient (Wildman–Crippen LogP) is 3.53. The van der Waals surface area contributed by atoms with Crippen LogP contribution in [-0.4, -0.2) is 44.2 Å². The smallest absolute Gasteiger partial charge is 0.193 e. The van der Waals surface area contributed by atoms with Gasteiger partial charge in [0, 0.05) is 38.9 Å². The minimum atomic E-state index is -0.386. The first kappa shape index (κ1) is 22.6. The van der Waals surface area contributed by atoms with Crippen LogP contribution in [0.2, 0.25) is 0 Å². The molecule has 0 unspecified atom stereocenters. The van der Waals surface area contributed by atoms with Crippen LogP contribution in [0, 0.1) is 23.1 Å². The van der Waals surface area contributed by atoms with E-state index in [4.69, 9.17) is 10.00 Å². The zero-order chi connectivity index (χ0) is 18.1. The minimum Gasteiger partial charge on any atom is -0.381 e. The van der Waals surface area contributed by atoms with Crippen LogP contribution in [0.1, 0.15) is 37.3 Å². The summed E-state index contributed by atoms with van der Waals surface area (Å²) >= 11 is 0. The first-order valence-electron chi connectivity index (χ1n) is 8.89. The summed E-state index contributed by atoms with van der Waals surface area (Å²) < 4.78 is 19.4. The molecule has 1 heterocycles. The second kappa shape index (κ2) is 12.1. The maximum Gasteiger partial charge on any atom is 0.193 e. The highest BCUT2D eigenvalue weighted by Gasteiger charge is 2.15. The van der Waals surface area contributed by atoms with Gasteiger partial charge >= 0.3 is 0 Å². The Balaban J connectivity index is 0.00000338. The molecular weight excluding hydrogens is 446 g/mol. The third-order valence-electron chi connectivity index (χ3n) is 4.49. The molecule has 1 saturated heterocycles. The molecule has 1 N–H and O–H groups in total. The van der Waals surface area contributed by atoms with Gasteiger partial charge in [-0.15, -0.1) is 24.0 Å². The Labute approximate surface area is 172 Å². The zero-order valence-electron chi connectivity index (χ0n) is 15.5. The molecule has 7 heteroatoms. The molecule has 1 aliphatic rings. The molecule has 0 bridgehead atoms. The maximum atomic E-state index is 14.0. The first-order chi connectivity index (χ1) is 12.1. The fraction of sp³-hybridized carbons (Fsp3) is 0.579. The summed E-state index contributed by atoms with van der Waals surface area (Å²) in [6.07, 6.45) is 3.35. The summed E-state index contributed by atoms with van der Waals surface area (Å²) in [6.45, 7) is 5.66. The van der Waals surface area contributed by atoms with Gasteiger partial charge in [0.05, 0.1) is 18.2 Å². The van der Waals surface area contributed by atoms with E-state index in [2.05, 4.69) is 15.2 Å². The highest BCUT2D eigenvalue weighted by molar-refractivity contribution is 14.0. The van der Waals surface area contributed by atoms with E-state index in [1.165, 1.54) is 6.07 Å². The van der Waals surface area contributed by atoms with Crippen molar-refractivity contribution < 1.29 is 9.13 Å². The van der Waals surface area contributed by atoms with Gasteiger partial charge in [-0.2, -0.15) is 5.26 Å². The number of hydrogen-bond donors (Lipinski definition) is 1. The van der Waals surface area contributed by atoms with Crippen LogP contribution in [0.5, 0.6) is 0 Å². The Morgan fingerprint density at radius 2 is 2.15 bits per heavy atom. The van der Waals surface area contributed by atoms with E-state index in [9.17, 15) is 4.39 Å². The highest BCUT2D eigenvalue weighted by atomic mass is 127. The Hall–Kier alpha value is -1.40. The Kier molecular flexibility index (Phi) is 10.5. The maximum absolute atomic E-state index is 14.0. The molecule has 26 heavy (non-hydrogen) atoms. The lowest BCUT2D eigenvalue weighted by molar-refractivity contribution is 0.0625. The lowest BCUT2D eigenvalue weighted by Crippen LogP contribution is -2.40. The number of guanidine groups is 1. The van der Waals surface area contributed by atoms with Crippen LogP contribution in [0.15, 0.2) is 23.2 Å². The van der Waals surface area contributed by atoms with Crippen LogP contribution in [0.3, 0.4) is 0 Å². The van der Waals surface area contributed by atoms with Gasteiger partial charge in [-0.25, -0.2) is 9.38 Å². The predicted molar refractivity (Wildman–Crippen MR) is 112 cm³/mol. The van der Waals surface area contributed by atoms with Gasteiger partial charge in [0.1, 0.15) is 5.82 Å². The molecule has 1 aliphatic heterocycles. The van der Waals surface area contributed by atoms with E-state index in [0.717, 1.165) is 51.5 Å². The number of ether oxygens (including phenoxy) is 1. The average Bonchev–Trinajstić information content (AvgIpc) is 2.64. The van der Waals surface area contributed by atoms with E-state index >= 15 is 0 Å². The molecule has 1 aromatic carbocycles. The third kappa shape index (κ3) is 7.08. The molecule has 2 rings (SSSR count). The molecule has 0 amide bonds. The minimum absolute atomic E-state index is 0. The number of nitrogens with zero attached hydrogens (tertiary/aromatic N) is 3. The molecule has 1 aromatic rings. The molecule has 5 nitrogen and oxygen atoms in total. The van der Waals surface area contributed by atoms with Crippen molar-refractivity contribution in [3.05, 3.63) is 35.1 Å². The summed E-state index contributed by atoms with van der Waals surface area (Å²) in [6, 6.07) is 6.45. The second-order valence-electron chi connectivity index (χ2n) is 6.35. The van der Waals surface area contributed by atoms with Gasteiger partial charge in [0.15, 0.2) is 5.96 Å². The van der Waals surface area contributed by atoms with Gasteiger partial charge in [0.25, 0.3) is 0 Å². The number of rotatable bonds is 6. The Morgan fingerprint density at radius 3 is 2.77 bits per heavy atom. The molecule has 0 radical (unpaired) electrons. The molecule has 0 aliphatic carbocycles. The largest absolute Gasteiger partial charge is 0.381 e. The number of nitrogens with one attached hydrogen (secondary N) is 1. The Bertz CT molecular complexity index is 626. The molecule has 1 fully saturated rings. The van der Waals surface area contributed by atoms with E-state index in [1.807, 2.05) is 20.0 Å². The topological polar surface area (TPSA) is 60.7 Å². The zero-order valence-corrected chi connectivity index (χ0v) is 17.8. The van der Waals surface area contributed by atoms with Crippen LogP contribution in [-0.2, 0) is 11.3 Å². The fourth-order valence-electron chi connectivity index (χ4n) is 2.89. The van der Waals surface area contributed by atoms with Crippen molar-refractivity contribution in [2.45, 2.75) is 32.7 Å². The fourth-order valence-corrected chi connectivity index (χ4v) is 2.89. The van der Waals surface area contributed by atoms with Gasteiger partial charge in [0.2, 0.25) is 0 Å². The molecule has 0 aromatic heterocycles. The summed E-state index contributed by atoms with van der Waals surface area (Å²) in [5.74, 6) is 1.09. The average molecular weight is 474 g/mol. The van der Waals surface area contributed by atoms with Crippen molar-refractivity contribution in [2.24, 2.45) is 10.9 Å². The van der Waals surface area contributed by atoms with Crippen LogP contribution in [0.25, 0.3) is 0 Å². The van der Waals surface area contributed by atoms with E-state index in [1.54, 1.807) is 12.1 Å². The summed E-state index contributed by atoms with van der Waals surface area (Å²) in [5, 5.41) is 12.1. The summed E-state index contributed by atoms with van der Waals surface area (Å²) in [7, 11) is 2.01. The standard InChI is InChI=1S/C19H27FN4O.HI/c1-3-22-19(24(2)9-6-15-7-10-25-11-8-15)23-14-17-5-4-16(13-21)12-18(17)20;/h4-5,12,15H,3,6-11,14H2,1-2H3,(H,22,23);1H. The van der Waals surface area contributed by atoms with Gasteiger partial charge in [-0.1, -0.05) is 6.07 Å². The second-order valence-corrected chi connectivity index (χ2v) is 6.35. The third-order valence-corrected chi connectivity index (χ3v) is 4.49. The van der Waals surface area contributed by atoms with Crippen molar-refractivity contribution in [2.75, 3.05) is 33.4 Å². The van der Waals surface area contributed by atoms with Crippen molar-refractivity contribution in [3.63, 3.8) is 0 Å². The normalized spacial score (nSPS) is 15.1. The number of hydrogen-bond acceptors (Lipinski definition) is 3. The Morgan fingerprint density at radius 1 is 1.42 bits per heavy atom. The summed E-state index contributed by atoms with van der Waals surface area (Å²) in [4.78, 5) is 6.65. The van der Waals surface area contributed by atoms with Crippen LogP contribution < -0.4 is 5.32 Å². The quantitative estimate of drug-likeness (QED) is 0.390. The number of aliphatic imine (C=N–C) groups is 1. The molecule has 0 saturated carbocycles. The van der Waals surface area contributed by atoms with Gasteiger partial charge in [-0.3, -0.25) is 0 Å². The van der Waals surface area contributed by atoms with E-state index < -0.39 is 0 Å². The number of benzene rings is 1. The van der Waals surface area contributed by atoms with Gasteiger partial charge in [-0.05, 0) is 44.2 Å². The number of nitriles is 1. The number of halogens is 2. The van der Waals surface area contributed by atoms with Crippen molar-refractivity contribution in [3.8, 4) is 6.07 Å². The first-order valence-corrected chi connectivity index (χ1v) is 8.89. The van der Waals surface area contributed by atoms with E-state index in [-0.39, 0.29) is 36.3 Å². The molecule has 0 spiro atoms. The summed E-state index contributed by atoms with van der Waals surface area (Å²) in [5.41, 5.74) is 0.818. The SMILES string of the molecule is CCNC(=NCc1ccc(C#N)cc1F)N(C)CCC1CCOCC1.I.